The Morgan fingerprint density at radius 2 is 2.04 bits per heavy atom. The number of anilines is 1. The van der Waals surface area contributed by atoms with Crippen LogP contribution in [0.4, 0.5) is 5.00 Å². The van der Waals surface area contributed by atoms with Crippen molar-refractivity contribution in [2.75, 3.05) is 16.9 Å². The van der Waals surface area contributed by atoms with Crippen LogP contribution in [0.1, 0.15) is 10.4 Å². The second kappa shape index (κ2) is 7.77. The molecule has 0 radical (unpaired) electrons. The average molecular weight is 409 g/mol. The number of thiophene rings is 1. The molecule has 3 aromatic rings. The lowest BCUT2D eigenvalue weighted by Gasteiger charge is -2.06. The Morgan fingerprint density at radius 1 is 1.27 bits per heavy atom. The second-order valence-corrected chi connectivity index (χ2v) is 7.29. The van der Waals surface area contributed by atoms with Crippen LogP contribution < -0.4 is 16.9 Å². The zero-order valence-corrected chi connectivity index (χ0v) is 15.6. The topological polar surface area (TPSA) is 129 Å². The maximum absolute atomic E-state index is 12.1. The number of thioether (sulfide) groups is 1. The fraction of sp³-hybridized carbons (Fsp3) is 0.0667. The van der Waals surface area contributed by atoms with E-state index >= 15 is 0 Å². The van der Waals surface area contributed by atoms with Gasteiger partial charge in [-0.25, -0.2) is 4.68 Å². The number of benzene rings is 1. The van der Waals surface area contributed by atoms with E-state index in [1.54, 1.807) is 29.6 Å². The van der Waals surface area contributed by atoms with Gasteiger partial charge in [-0.2, -0.15) is 0 Å². The number of rotatable bonds is 6. The Kier molecular flexibility index (Phi) is 5.45. The lowest BCUT2D eigenvalue weighted by Crippen LogP contribution is -2.18. The summed E-state index contributed by atoms with van der Waals surface area (Å²) in [5, 5.41) is 13.6. The lowest BCUT2D eigenvalue weighted by atomic mass is 10.2. The molecule has 0 saturated carbocycles. The smallest absolute Gasteiger partial charge is 0.251 e. The molecular weight excluding hydrogens is 396 g/mol. The summed E-state index contributed by atoms with van der Waals surface area (Å²) in [4.78, 5) is 23.4. The third kappa shape index (κ3) is 3.82. The minimum atomic E-state index is -0.597. The Bertz CT molecular complexity index is 971. The molecule has 0 atom stereocenters. The third-order valence-corrected chi connectivity index (χ3v) is 5.40. The summed E-state index contributed by atoms with van der Waals surface area (Å²) in [6, 6.07) is 8.67. The highest BCUT2D eigenvalue weighted by atomic mass is 35.5. The normalized spacial score (nSPS) is 10.7. The van der Waals surface area contributed by atoms with Crippen molar-refractivity contribution in [3.63, 3.8) is 0 Å². The largest absolute Gasteiger partial charge is 0.366 e. The highest BCUT2D eigenvalue weighted by molar-refractivity contribution is 7.99. The van der Waals surface area contributed by atoms with Crippen molar-refractivity contribution in [1.82, 2.24) is 14.9 Å². The summed E-state index contributed by atoms with van der Waals surface area (Å²) in [6.45, 7) is 0. The summed E-state index contributed by atoms with van der Waals surface area (Å²) in [7, 11) is 0. The van der Waals surface area contributed by atoms with Gasteiger partial charge in [0.05, 0.1) is 16.3 Å². The van der Waals surface area contributed by atoms with Gasteiger partial charge in [-0.1, -0.05) is 35.5 Å². The van der Waals surface area contributed by atoms with Gasteiger partial charge in [-0.05, 0) is 23.6 Å². The first-order chi connectivity index (χ1) is 12.5. The van der Waals surface area contributed by atoms with E-state index in [-0.39, 0.29) is 17.2 Å². The number of aromatic nitrogens is 3. The number of hydrogen-bond acceptors (Lipinski definition) is 7. The van der Waals surface area contributed by atoms with E-state index in [1.807, 2.05) is 6.07 Å². The molecule has 0 bridgehead atoms. The number of hydrogen-bond donors (Lipinski definition) is 3. The van der Waals surface area contributed by atoms with Crippen molar-refractivity contribution in [1.29, 1.82) is 0 Å². The fourth-order valence-corrected chi connectivity index (χ4v) is 3.78. The molecule has 3 rings (SSSR count). The Morgan fingerprint density at radius 3 is 2.77 bits per heavy atom. The quantitative estimate of drug-likeness (QED) is 0.423. The molecule has 134 valence electrons. The number of amides is 2. The number of nitrogen functional groups attached to an aromatic ring is 1. The van der Waals surface area contributed by atoms with Crippen molar-refractivity contribution in [3.05, 3.63) is 46.3 Å². The highest BCUT2D eigenvalue weighted by Crippen LogP contribution is 2.28. The van der Waals surface area contributed by atoms with Crippen LogP contribution in [0.15, 0.2) is 40.9 Å². The molecule has 0 unspecified atom stereocenters. The van der Waals surface area contributed by atoms with Gasteiger partial charge in [0.25, 0.3) is 5.91 Å². The van der Waals surface area contributed by atoms with Crippen molar-refractivity contribution in [2.24, 2.45) is 5.73 Å². The first-order valence-electron chi connectivity index (χ1n) is 7.22. The van der Waals surface area contributed by atoms with Crippen LogP contribution in [0.3, 0.4) is 0 Å². The second-order valence-electron chi connectivity index (χ2n) is 5.02. The van der Waals surface area contributed by atoms with Crippen molar-refractivity contribution < 1.29 is 9.59 Å². The Hall–Kier alpha value is -2.56. The molecule has 0 aliphatic heterocycles. The molecule has 0 saturated heterocycles. The molecule has 2 amide bonds. The number of carbonyl (C=O) groups is 2. The zero-order chi connectivity index (χ0) is 18.7. The molecule has 26 heavy (non-hydrogen) atoms. The monoisotopic (exact) mass is 408 g/mol. The SMILES string of the molecule is NC(=O)c1ccsc1NC(=O)CSc1nnc(-c2ccccc2Cl)n1N. The van der Waals surface area contributed by atoms with E-state index in [4.69, 9.17) is 23.2 Å². The summed E-state index contributed by atoms with van der Waals surface area (Å²) in [5.41, 5.74) is 6.17. The number of halogens is 1. The number of carbonyl (C=O) groups excluding carboxylic acids is 2. The van der Waals surface area contributed by atoms with Crippen molar-refractivity contribution in [2.45, 2.75) is 5.16 Å². The highest BCUT2D eigenvalue weighted by Gasteiger charge is 2.17. The lowest BCUT2D eigenvalue weighted by molar-refractivity contribution is -0.113. The Labute approximate surface area is 161 Å². The van der Waals surface area contributed by atoms with Crippen LogP contribution in [0.2, 0.25) is 5.02 Å². The molecular formula is C15H13ClN6O2S2. The van der Waals surface area contributed by atoms with Gasteiger partial charge in [0.2, 0.25) is 11.1 Å². The predicted molar refractivity (Wildman–Crippen MR) is 103 cm³/mol. The third-order valence-electron chi connectivity index (χ3n) is 3.30. The van der Waals surface area contributed by atoms with Crippen LogP contribution in [0.5, 0.6) is 0 Å². The molecule has 11 heteroatoms. The predicted octanol–water partition coefficient (Wildman–Crippen LogP) is 2.20. The summed E-state index contributed by atoms with van der Waals surface area (Å²) in [5.74, 6) is 5.53. The van der Waals surface area contributed by atoms with Crippen LogP contribution in [0.25, 0.3) is 11.4 Å². The average Bonchev–Trinajstić information content (AvgIpc) is 3.20. The van der Waals surface area contributed by atoms with E-state index in [0.717, 1.165) is 11.8 Å². The minimum absolute atomic E-state index is 0.0357. The molecule has 0 aliphatic rings. The molecule has 2 heterocycles. The number of nitrogens with zero attached hydrogens (tertiary/aromatic N) is 3. The summed E-state index contributed by atoms with van der Waals surface area (Å²) in [6.07, 6.45) is 0. The van der Waals surface area contributed by atoms with Gasteiger partial charge in [-0.15, -0.1) is 21.5 Å². The van der Waals surface area contributed by atoms with Crippen LogP contribution >= 0.6 is 34.7 Å². The standard InChI is InChI=1S/C15H13ClN6O2S2/c16-10-4-2-1-3-8(10)13-20-21-15(22(13)18)26-7-11(23)19-14-9(12(17)24)5-6-25-14/h1-6H,7,18H2,(H2,17,24)(H,19,23). The molecule has 0 spiro atoms. The Balaban J connectivity index is 1.67. The first kappa shape index (κ1) is 18.2. The van der Waals surface area contributed by atoms with Gasteiger partial charge in [0.1, 0.15) is 5.00 Å². The fourth-order valence-electron chi connectivity index (χ4n) is 2.09. The van der Waals surface area contributed by atoms with Gasteiger partial charge < -0.3 is 16.9 Å². The zero-order valence-electron chi connectivity index (χ0n) is 13.2. The number of nitrogens with one attached hydrogen (secondary N) is 1. The summed E-state index contributed by atoms with van der Waals surface area (Å²) >= 11 is 8.47. The van der Waals surface area contributed by atoms with Crippen LogP contribution in [-0.4, -0.2) is 32.4 Å². The molecule has 8 nitrogen and oxygen atoms in total. The van der Waals surface area contributed by atoms with E-state index in [2.05, 4.69) is 15.5 Å². The van der Waals surface area contributed by atoms with Gasteiger partial charge in [0.15, 0.2) is 5.82 Å². The van der Waals surface area contributed by atoms with Gasteiger partial charge in [-0.3, -0.25) is 9.59 Å². The molecule has 0 fully saturated rings. The van der Waals surface area contributed by atoms with Gasteiger partial charge in [0, 0.05) is 5.56 Å². The van der Waals surface area contributed by atoms with Crippen LogP contribution in [0, 0.1) is 0 Å². The maximum Gasteiger partial charge on any atom is 0.251 e. The van der Waals surface area contributed by atoms with E-state index in [0.29, 0.717) is 26.6 Å². The number of nitrogens with two attached hydrogens (primary N) is 2. The minimum Gasteiger partial charge on any atom is -0.366 e. The van der Waals surface area contributed by atoms with E-state index < -0.39 is 5.91 Å². The summed E-state index contributed by atoms with van der Waals surface area (Å²) < 4.78 is 1.28. The van der Waals surface area contributed by atoms with Gasteiger partial charge >= 0.3 is 0 Å². The van der Waals surface area contributed by atoms with Crippen molar-refractivity contribution >= 4 is 51.5 Å². The molecule has 5 N–H and O–H groups in total. The first-order valence-corrected chi connectivity index (χ1v) is 9.47. The van der Waals surface area contributed by atoms with Crippen molar-refractivity contribution in [3.8, 4) is 11.4 Å². The molecule has 1 aromatic carbocycles. The maximum atomic E-state index is 12.1. The van der Waals surface area contributed by atoms with E-state index in [1.165, 1.54) is 16.0 Å². The number of primary amides is 1. The van der Waals surface area contributed by atoms with Crippen LogP contribution in [-0.2, 0) is 4.79 Å². The molecule has 2 aromatic heterocycles. The molecule has 0 aliphatic carbocycles. The van der Waals surface area contributed by atoms with E-state index in [9.17, 15) is 9.59 Å².